The van der Waals surface area contributed by atoms with Gasteiger partial charge >= 0.3 is 0 Å². The van der Waals surface area contributed by atoms with E-state index < -0.39 is 0 Å². The first-order chi connectivity index (χ1) is 14.1. The summed E-state index contributed by atoms with van der Waals surface area (Å²) in [5.41, 5.74) is 16.1. The number of aromatic nitrogens is 2. The Kier molecular flexibility index (Phi) is 5.79. The molecule has 8 heteroatoms. The fraction of sp³-hybridized carbons (Fsp3) is 0.364. The molecule has 3 aromatic rings. The molecule has 0 saturated carbocycles. The van der Waals surface area contributed by atoms with Gasteiger partial charge in [0.2, 0.25) is 0 Å². The van der Waals surface area contributed by atoms with Crippen molar-refractivity contribution in [2.75, 3.05) is 6.73 Å². The molecule has 2 aromatic carbocycles. The third-order valence-corrected chi connectivity index (χ3v) is 6.63. The summed E-state index contributed by atoms with van der Waals surface area (Å²) in [4.78, 5) is 23.6. The summed E-state index contributed by atoms with van der Waals surface area (Å²) in [6, 6.07) is 0. The summed E-state index contributed by atoms with van der Waals surface area (Å²) in [5, 5.41) is 4.64. The molecule has 0 radical (unpaired) electrons. The first kappa shape index (κ1) is 21.7. The Balaban J connectivity index is 2.43. The second-order valence-electron chi connectivity index (χ2n) is 7.54. The molecule has 0 saturated heterocycles. The molecule has 3 rings (SSSR count). The van der Waals surface area contributed by atoms with Gasteiger partial charge in [0.1, 0.15) is 11.6 Å². The van der Waals surface area contributed by atoms with Crippen LogP contribution in [-0.4, -0.2) is 16.7 Å². The van der Waals surface area contributed by atoms with Gasteiger partial charge in [0, 0.05) is 9.93 Å². The number of nitrogens with zero attached hydrogens (tertiary/aromatic N) is 4. The molecule has 0 aliphatic rings. The molecule has 1 heterocycles. The Morgan fingerprint density at radius 2 is 1.60 bits per heavy atom. The van der Waals surface area contributed by atoms with Crippen LogP contribution < -0.4 is 10.3 Å². The van der Waals surface area contributed by atoms with Gasteiger partial charge in [-0.25, -0.2) is 4.98 Å². The third-order valence-electron chi connectivity index (χ3n) is 6.07. The zero-order valence-corrected chi connectivity index (χ0v) is 18.9. The lowest BCUT2D eigenvalue weighted by atomic mass is 9.94. The van der Waals surface area contributed by atoms with E-state index in [1.807, 2.05) is 48.5 Å². The number of fused-ring (bicyclic) bond motifs is 1. The van der Waals surface area contributed by atoms with E-state index in [0.717, 1.165) is 38.9 Å². The van der Waals surface area contributed by atoms with Gasteiger partial charge in [-0.2, -0.15) is 0 Å². The summed E-state index contributed by atoms with van der Waals surface area (Å²) in [6.45, 7) is 13.4. The Hall–Kier alpha value is -3.02. The number of hydrogen-bond acceptors (Lipinski definition) is 4. The van der Waals surface area contributed by atoms with Crippen molar-refractivity contribution in [2.45, 2.75) is 48.5 Å². The largest absolute Gasteiger partial charge is 0.486 e. The number of benzene rings is 2. The molecule has 0 aliphatic carbocycles. The van der Waals surface area contributed by atoms with Gasteiger partial charge in [0.05, 0.1) is 16.5 Å². The van der Waals surface area contributed by atoms with Crippen LogP contribution in [0.15, 0.2) is 9.91 Å². The van der Waals surface area contributed by atoms with Crippen LogP contribution in [0.25, 0.3) is 32.7 Å². The summed E-state index contributed by atoms with van der Waals surface area (Å²) >= 11 is 6.57. The first-order valence-electron chi connectivity index (χ1n) is 9.55. The van der Waals surface area contributed by atoms with Crippen molar-refractivity contribution in [2.24, 2.45) is 5.11 Å². The van der Waals surface area contributed by atoms with Crippen molar-refractivity contribution >= 4 is 22.5 Å². The summed E-state index contributed by atoms with van der Waals surface area (Å²) in [5.74, 6) is 0.860. The lowest BCUT2D eigenvalue weighted by molar-refractivity contribution is 0.327. The minimum absolute atomic E-state index is 0.181. The Morgan fingerprint density at radius 1 is 0.967 bits per heavy atom. The van der Waals surface area contributed by atoms with Gasteiger partial charge in [-0.05, 0) is 92.9 Å². The van der Waals surface area contributed by atoms with E-state index in [2.05, 4.69) is 15.0 Å². The SMILES string of the molecule is Cc1c(C)c(OCN=[N+]=[N-])c(-c2nc3c(C)c(C)c(C)c(C)c3c(=O)[nH]2)c(C)c1Cl. The topological polar surface area (TPSA) is 104 Å². The maximum Gasteiger partial charge on any atom is 0.259 e. The first-order valence-corrected chi connectivity index (χ1v) is 9.93. The van der Waals surface area contributed by atoms with Crippen molar-refractivity contribution in [3.8, 4) is 17.1 Å². The molecule has 0 unspecified atom stereocenters. The fourth-order valence-electron chi connectivity index (χ4n) is 3.81. The minimum Gasteiger partial charge on any atom is -0.486 e. The molecule has 0 bridgehead atoms. The number of rotatable bonds is 4. The van der Waals surface area contributed by atoms with Gasteiger partial charge < -0.3 is 9.72 Å². The van der Waals surface area contributed by atoms with Crippen LogP contribution in [-0.2, 0) is 0 Å². The number of aryl methyl sites for hydroxylation is 2. The van der Waals surface area contributed by atoms with E-state index >= 15 is 0 Å². The Labute approximate surface area is 179 Å². The van der Waals surface area contributed by atoms with Gasteiger partial charge in [-0.3, -0.25) is 4.79 Å². The molecule has 7 nitrogen and oxygen atoms in total. The van der Waals surface area contributed by atoms with Crippen LogP contribution in [0.3, 0.4) is 0 Å². The molecule has 30 heavy (non-hydrogen) atoms. The molecule has 0 atom stereocenters. The molecule has 0 amide bonds. The lowest BCUT2D eigenvalue weighted by Gasteiger charge is -2.20. The predicted molar refractivity (Wildman–Crippen MR) is 121 cm³/mol. The van der Waals surface area contributed by atoms with Gasteiger partial charge in [0.25, 0.3) is 5.56 Å². The van der Waals surface area contributed by atoms with Crippen molar-refractivity contribution in [3.63, 3.8) is 0 Å². The molecular formula is C22H24ClN5O2. The van der Waals surface area contributed by atoms with E-state index in [-0.39, 0.29) is 12.3 Å². The number of ether oxygens (including phenoxy) is 1. The molecule has 1 N–H and O–H groups in total. The highest BCUT2D eigenvalue weighted by Gasteiger charge is 2.22. The number of hydrogen-bond donors (Lipinski definition) is 1. The Bertz CT molecular complexity index is 1300. The van der Waals surface area contributed by atoms with E-state index in [4.69, 9.17) is 26.9 Å². The van der Waals surface area contributed by atoms with Crippen LogP contribution >= 0.6 is 11.6 Å². The molecule has 0 aliphatic heterocycles. The van der Waals surface area contributed by atoms with Crippen LogP contribution in [0.5, 0.6) is 5.75 Å². The average Bonchev–Trinajstić information content (AvgIpc) is 2.72. The number of azide groups is 1. The van der Waals surface area contributed by atoms with E-state index in [1.54, 1.807) is 0 Å². The van der Waals surface area contributed by atoms with Gasteiger partial charge in [-0.1, -0.05) is 16.7 Å². The molecule has 156 valence electrons. The molecular weight excluding hydrogens is 402 g/mol. The second-order valence-corrected chi connectivity index (χ2v) is 7.91. The normalized spacial score (nSPS) is 10.9. The quantitative estimate of drug-likeness (QED) is 0.312. The molecule has 0 spiro atoms. The Morgan fingerprint density at radius 3 is 2.23 bits per heavy atom. The lowest BCUT2D eigenvalue weighted by Crippen LogP contribution is -2.14. The highest BCUT2D eigenvalue weighted by atomic mass is 35.5. The molecule has 1 aromatic heterocycles. The van der Waals surface area contributed by atoms with E-state index in [0.29, 0.717) is 33.1 Å². The highest BCUT2D eigenvalue weighted by Crippen LogP contribution is 2.41. The number of H-pyrrole nitrogens is 1. The van der Waals surface area contributed by atoms with Crippen LogP contribution in [0.4, 0.5) is 0 Å². The minimum atomic E-state index is -0.214. The predicted octanol–water partition coefficient (Wildman–Crippen LogP) is 6.05. The van der Waals surface area contributed by atoms with E-state index in [9.17, 15) is 4.79 Å². The zero-order chi connectivity index (χ0) is 22.3. The maximum atomic E-state index is 13.1. The maximum absolute atomic E-state index is 13.1. The number of nitrogens with one attached hydrogen (secondary N) is 1. The zero-order valence-electron chi connectivity index (χ0n) is 18.2. The fourth-order valence-corrected chi connectivity index (χ4v) is 4.04. The van der Waals surface area contributed by atoms with Crippen LogP contribution in [0, 0.1) is 48.5 Å². The highest BCUT2D eigenvalue weighted by molar-refractivity contribution is 6.32. The van der Waals surface area contributed by atoms with Gasteiger partial charge in [0.15, 0.2) is 6.73 Å². The standard InChI is InChI=1S/C22H24ClN5O2/c1-9-10(2)13(5)19-16(11(9)3)22(29)27-21(26-19)17-15(7)18(23)12(4)14(6)20(17)30-8-25-28-24/h8H2,1-7H3,(H,26,27,29). The van der Waals surface area contributed by atoms with Crippen molar-refractivity contribution in [3.05, 3.63) is 64.8 Å². The monoisotopic (exact) mass is 425 g/mol. The average molecular weight is 426 g/mol. The van der Waals surface area contributed by atoms with Crippen molar-refractivity contribution in [1.29, 1.82) is 0 Å². The van der Waals surface area contributed by atoms with Gasteiger partial charge in [-0.15, -0.1) is 0 Å². The van der Waals surface area contributed by atoms with E-state index in [1.165, 1.54) is 0 Å². The van der Waals surface area contributed by atoms with Crippen LogP contribution in [0.2, 0.25) is 5.02 Å². The smallest absolute Gasteiger partial charge is 0.259 e. The van der Waals surface area contributed by atoms with Crippen molar-refractivity contribution < 1.29 is 4.74 Å². The summed E-state index contributed by atoms with van der Waals surface area (Å²) < 4.78 is 5.79. The summed E-state index contributed by atoms with van der Waals surface area (Å²) in [7, 11) is 0. The number of halogens is 1. The number of aromatic amines is 1. The molecule has 0 fully saturated rings. The van der Waals surface area contributed by atoms with Crippen LogP contribution in [0.1, 0.15) is 38.9 Å². The van der Waals surface area contributed by atoms with Crippen molar-refractivity contribution in [1.82, 2.24) is 9.97 Å². The summed E-state index contributed by atoms with van der Waals surface area (Å²) in [6.07, 6.45) is 0. The third kappa shape index (κ3) is 3.30. The second kappa shape index (κ2) is 8.01.